The summed E-state index contributed by atoms with van der Waals surface area (Å²) in [5, 5.41) is 6.82. The van der Waals surface area contributed by atoms with Crippen molar-refractivity contribution in [1.29, 1.82) is 0 Å². The Morgan fingerprint density at radius 3 is 2.62 bits per heavy atom. The molecule has 2 heterocycles. The fourth-order valence-electron chi connectivity index (χ4n) is 3.14. The highest BCUT2D eigenvalue weighted by molar-refractivity contribution is 14.0. The van der Waals surface area contributed by atoms with E-state index in [0.29, 0.717) is 0 Å². The number of nitrogens with zero attached hydrogens (tertiary/aromatic N) is 2. The Bertz CT molecular complexity index is 495. The molecule has 1 saturated heterocycles. The number of likely N-dealkylation sites (tertiary alicyclic amines) is 1. The van der Waals surface area contributed by atoms with Crippen LogP contribution in [0.25, 0.3) is 0 Å². The van der Waals surface area contributed by atoms with Crippen LogP contribution in [0.1, 0.15) is 50.7 Å². The summed E-state index contributed by atoms with van der Waals surface area (Å²) in [7, 11) is 1.81. The van der Waals surface area contributed by atoms with Crippen LogP contribution >= 0.6 is 24.0 Å². The van der Waals surface area contributed by atoms with E-state index in [4.69, 9.17) is 4.42 Å². The lowest BCUT2D eigenvalue weighted by Gasteiger charge is -2.31. The van der Waals surface area contributed by atoms with Gasteiger partial charge in [0.15, 0.2) is 5.96 Å². The number of furan rings is 1. The Balaban J connectivity index is 0.00000288. The highest BCUT2D eigenvalue weighted by atomic mass is 127. The Kier molecular flexibility index (Phi) is 9.73. The predicted octanol–water partition coefficient (Wildman–Crippen LogP) is 3.55. The summed E-state index contributed by atoms with van der Waals surface area (Å²) in [5.41, 5.74) is 0. The monoisotopic (exact) mass is 448 g/mol. The van der Waals surface area contributed by atoms with Crippen molar-refractivity contribution in [2.75, 3.05) is 33.2 Å². The van der Waals surface area contributed by atoms with Gasteiger partial charge < -0.3 is 20.0 Å². The highest BCUT2D eigenvalue weighted by Gasteiger charge is 2.18. The first-order chi connectivity index (χ1) is 11.1. The molecular weight excluding hydrogens is 415 g/mol. The summed E-state index contributed by atoms with van der Waals surface area (Å²) in [6.07, 6.45) is 3.86. The lowest BCUT2D eigenvalue weighted by atomic mass is 9.93. The minimum absolute atomic E-state index is 0. The molecular formula is C18H33IN4O. The van der Waals surface area contributed by atoms with Crippen LogP contribution in [0.4, 0.5) is 0 Å². The molecule has 0 spiro atoms. The predicted molar refractivity (Wildman–Crippen MR) is 111 cm³/mol. The van der Waals surface area contributed by atoms with Crippen molar-refractivity contribution in [3.05, 3.63) is 23.7 Å². The molecule has 0 amide bonds. The van der Waals surface area contributed by atoms with E-state index in [1.807, 2.05) is 26.1 Å². The molecule has 2 N–H and O–H groups in total. The molecule has 24 heavy (non-hydrogen) atoms. The van der Waals surface area contributed by atoms with Gasteiger partial charge in [0.25, 0.3) is 0 Å². The van der Waals surface area contributed by atoms with E-state index in [-0.39, 0.29) is 30.0 Å². The van der Waals surface area contributed by atoms with Gasteiger partial charge in [-0.1, -0.05) is 6.92 Å². The summed E-state index contributed by atoms with van der Waals surface area (Å²) in [4.78, 5) is 6.85. The fraction of sp³-hybridized carbons (Fsp3) is 0.722. The minimum Gasteiger partial charge on any atom is -0.464 e. The minimum atomic E-state index is 0. The smallest absolute Gasteiger partial charge is 0.191 e. The average molecular weight is 448 g/mol. The Labute approximate surface area is 163 Å². The van der Waals surface area contributed by atoms with Gasteiger partial charge in [0.05, 0.1) is 6.04 Å². The first-order valence-electron chi connectivity index (χ1n) is 8.88. The molecule has 0 bridgehead atoms. The standard InChI is InChI=1S/C18H32N4O.HI/c1-5-22-12-9-16(10-13-22)8-11-20-18(19-4)21-15(3)17-7-6-14(2)23-17;/h6-7,15-16H,5,8-13H2,1-4H3,(H2,19,20,21);1H. The third-order valence-electron chi connectivity index (χ3n) is 4.76. The van der Waals surface area contributed by atoms with E-state index in [1.54, 1.807) is 0 Å². The van der Waals surface area contributed by atoms with Crippen molar-refractivity contribution in [1.82, 2.24) is 15.5 Å². The number of halogens is 1. The summed E-state index contributed by atoms with van der Waals surface area (Å²) in [6.45, 7) is 11.0. The average Bonchev–Trinajstić information content (AvgIpc) is 3.01. The Morgan fingerprint density at radius 1 is 1.38 bits per heavy atom. The van der Waals surface area contributed by atoms with Crippen LogP contribution in [-0.4, -0.2) is 44.1 Å². The first-order valence-corrected chi connectivity index (χ1v) is 8.88. The van der Waals surface area contributed by atoms with Crippen LogP contribution in [0, 0.1) is 12.8 Å². The zero-order valence-electron chi connectivity index (χ0n) is 15.5. The van der Waals surface area contributed by atoms with E-state index in [0.717, 1.165) is 29.9 Å². The number of aryl methyl sites for hydroxylation is 1. The van der Waals surface area contributed by atoms with Crippen molar-refractivity contribution in [2.45, 2.75) is 46.1 Å². The number of aliphatic imine (C=N–C) groups is 1. The number of nitrogens with one attached hydrogen (secondary N) is 2. The molecule has 1 aromatic rings. The van der Waals surface area contributed by atoms with Gasteiger partial charge in [-0.15, -0.1) is 24.0 Å². The van der Waals surface area contributed by atoms with Crippen molar-refractivity contribution < 1.29 is 4.42 Å². The fourth-order valence-corrected chi connectivity index (χ4v) is 3.14. The molecule has 1 aliphatic rings. The Morgan fingerprint density at radius 2 is 2.08 bits per heavy atom. The molecule has 1 unspecified atom stereocenters. The molecule has 6 heteroatoms. The number of guanidine groups is 1. The van der Waals surface area contributed by atoms with Crippen LogP contribution in [-0.2, 0) is 0 Å². The Hall–Kier alpha value is -0.760. The van der Waals surface area contributed by atoms with Gasteiger partial charge in [0, 0.05) is 13.6 Å². The maximum atomic E-state index is 5.66. The lowest BCUT2D eigenvalue weighted by Crippen LogP contribution is -2.40. The van der Waals surface area contributed by atoms with Crippen molar-refractivity contribution in [3.63, 3.8) is 0 Å². The quantitative estimate of drug-likeness (QED) is 0.397. The molecule has 0 radical (unpaired) electrons. The number of hydrogen-bond acceptors (Lipinski definition) is 3. The first kappa shape index (κ1) is 21.3. The normalized spacial score (nSPS) is 18.1. The second-order valence-electron chi connectivity index (χ2n) is 6.48. The van der Waals surface area contributed by atoms with E-state index in [1.165, 1.54) is 38.9 Å². The van der Waals surface area contributed by atoms with Gasteiger partial charge in [-0.3, -0.25) is 4.99 Å². The van der Waals surface area contributed by atoms with Gasteiger partial charge in [-0.05, 0) is 70.8 Å². The molecule has 1 atom stereocenters. The molecule has 138 valence electrons. The zero-order valence-corrected chi connectivity index (χ0v) is 17.8. The number of rotatable bonds is 6. The van der Waals surface area contributed by atoms with Crippen molar-refractivity contribution >= 4 is 29.9 Å². The highest BCUT2D eigenvalue weighted by Crippen LogP contribution is 2.19. The van der Waals surface area contributed by atoms with Gasteiger partial charge in [0.1, 0.15) is 11.5 Å². The van der Waals surface area contributed by atoms with E-state index in [9.17, 15) is 0 Å². The molecule has 1 aromatic heterocycles. The van der Waals surface area contributed by atoms with E-state index in [2.05, 4.69) is 34.4 Å². The number of hydrogen-bond donors (Lipinski definition) is 2. The van der Waals surface area contributed by atoms with Gasteiger partial charge in [-0.2, -0.15) is 0 Å². The largest absolute Gasteiger partial charge is 0.464 e. The molecule has 0 aliphatic carbocycles. The van der Waals surface area contributed by atoms with Crippen LogP contribution in [0.5, 0.6) is 0 Å². The summed E-state index contributed by atoms with van der Waals surface area (Å²) in [6, 6.07) is 4.12. The maximum absolute atomic E-state index is 5.66. The van der Waals surface area contributed by atoms with Crippen molar-refractivity contribution in [2.24, 2.45) is 10.9 Å². The topological polar surface area (TPSA) is 52.8 Å². The van der Waals surface area contributed by atoms with Crippen LogP contribution < -0.4 is 10.6 Å². The van der Waals surface area contributed by atoms with E-state index < -0.39 is 0 Å². The summed E-state index contributed by atoms with van der Waals surface area (Å²) < 4.78 is 5.66. The molecule has 1 aliphatic heterocycles. The SMILES string of the molecule is CCN1CCC(CCNC(=NC)NC(C)c2ccc(C)o2)CC1.I. The third-order valence-corrected chi connectivity index (χ3v) is 4.76. The molecule has 2 rings (SSSR count). The number of piperidine rings is 1. The van der Waals surface area contributed by atoms with Gasteiger partial charge in [0.2, 0.25) is 0 Å². The zero-order chi connectivity index (χ0) is 16.7. The molecule has 0 saturated carbocycles. The molecule has 5 nitrogen and oxygen atoms in total. The summed E-state index contributed by atoms with van der Waals surface area (Å²) in [5.74, 6) is 3.57. The van der Waals surface area contributed by atoms with Crippen molar-refractivity contribution in [3.8, 4) is 0 Å². The van der Waals surface area contributed by atoms with Crippen LogP contribution in [0.15, 0.2) is 21.5 Å². The van der Waals surface area contributed by atoms with E-state index >= 15 is 0 Å². The van der Waals surface area contributed by atoms with Gasteiger partial charge in [-0.25, -0.2) is 0 Å². The van der Waals surface area contributed by atoms with Crippen LogP contribution in [0.2, 0.25) is 0 Å². The molecule has 0 aromatic carbocycles. The maximum Gasteiger partial charge on any atom is 0.191 e. The second kappa shape index (κ2) is 11.0. The third kappa shape index (κ3) is 6.63. The lowest BCUT2D eigenvalue weighted by molar-refractivity contribution is 0.187. The van der Waals surface area contributed by atoms with Crippen LogP contribution in [0.3, 0.4) is 0 Å². The van der Waals surface area contributed by atoms with Gasteiger partial charge >= 0.3 is 0 Å². The molecule has 1 fully saturated rings. The second-order valence-corrected chi connectivity index (χ2v) is 6.48. The summed E-state index contributed by atoms with van der Waals surface area (Å²) >= 11 is 0.